The SMILES string of the molecule is CC(C)(C)CS(=O)(=O)N(CCBr)Cc1ccccc1. The van der Waals surface area contributed by atoms with Crippen LogP contribution >= 0.6 is 15.9 Å². The number of hydrogen-bond donors (Lipinski definition) is 0. The fraction of sp³-hybridized carbons (Fsp3) is 0.571. The van der Waals surface area contributed by atoms with Crippen molar-refractivity contribution in [3.63, 3.8) is 0 Å². The summed E-state index contributed by atoms with van der Waals surface area (Å²) in [6.45, 7) is 6.76. The molecule has 0 saturated carbocycles. The monoisotopic (exact) mass is 347 g/mol. The molecule has 0 aliphatic rings. The van der Waals surface area contributed by atoms with Crippen molar-refractivity contribution in [2.75, 3.05) is 17.6 Å². The van der Waals surface area contributed by atoms with E-state index in [2.05, 4.69) is 15.9 Å². The first kappa shape index (κ1) is 16.7. The molecule has 1 rings (SSSR count). The van der Waals surface area contributed by atoms with Crippen LogP contribution in [0.15, 0.2) is 30.3 Å². The third-order valence-corrected chi connectivity index (χ3v) is 5.23. The summed E-state index contributed by atoms with van der Waals surface area (Å²) < 4.78 is 26.4. The average Bonchev–Trinajstić information content (AvgIpc) is 2.26. The van der Waals surface area contributed by atoms with Crippen molar-refractivity contribution in [3.05, 3.63) is 35.9 Å². The van der Waals surface area contributed by atoms with Gasteiger partial charge in [-0.2, -0.15) is 4.31 Å². The van der Waals surface area contributed by atoms with Crippen LogP contribution in [0.4, 0.5) is 0 Å². The van der Waals surface area contributed by atoms with E-state index in [0.717, 1.165) is 5.56 Å². The zero-order valence-electron chi connectivity index (χ0n) is 11.8. The lowest BCUT2D eigenvalue weighted by atomic mass is 10.0. The molecule has 5 heteroatoms. The van der Waals surface area contributed by atoms with E-state index in [1.807, 2.05) is 51.1 Å². The van der Waals surface area contributed by atoms with Gasteiger partial charge in [-0.25, -0.2) is 8.42 Å². The lowest BCUT2D eigenvalue weighted by Crippen LogP contribution is -2.37. The lowest BCUT2D eigenvalue weighted by molar-refractivity contribution is 0.397. The molecule has 0 radical (unpaired) electrons. The van der Waals surface area contributed by atoms with Crippen LogP contribution in [-0.4, -0.2) is 30.4 Å². The van der Waals surface area contributed by atoms with Crippen LogP contribution in [0.2, 0.25) is 0 Å². The molecule has 108 valence electrons. The molecule has 0 spiro atoms. The molecule has 0 saturated heterocycles. The third kappa shape index (κ3) is 6.06. The second-order valence-electron chi connectivity index (χ2n) is 5.83. The summed E-state index contributed by atoms with van der Waals surface area (Å²) in [4.78, 5) is 0. The molecular formula is C14H22BrNO2S. The third-order valence-electron chi connectivity index (χ3n) is 2.54. The standard InChI is InChI=1S/C14H22BrNO2S/c1-14(2,3)12-19(17,18)16(10-9-15)11-13-7-5-4-6-8-13/h4-8H,9-12H2,1-3H3. The quantitative estimate of drug-likeness (QED) is 0.740. The van der Waals surface area contributed by atoms with E-state index in [9.17, 15) is 8.42 Å². The van der Waals surface area contributed by atoms with Gasteiger partial charge in [0.05, 0.1) is 5.75 Å². The number of nitrogens with zero attached hydrogens (tertiary/aromatic N) is 1. The highest BCUT2D eigenvalue weighted by molar-refractivity contribution is 9.09. The van der Waals surface area contributed by atoms with Gasteiger partial charge in [-0.05, 0) is 11.0 Å². The average molecular weight is 348 g/mol. The molecule has 0 aromatic heterocycles. The zero-order chi connectivity index (χ0) is 14.5. The van der Waals surface area contributed by atoms with E-state index in [1.165, 1.54) is 0 Å². The molecular weight excluding hydrogens is 326 g/mol. The molecule has 0 bridgehead atoms. The van der Waals surface area contributed by atoms with Gasteiger partial charge in [-0.3, -0.25) is 0 Å². The maximum atomic E-state index is 12.4. The van der Waals surface area contributed by atoms with E-state index in [4.69, 9.17) is 0 Å². The maximum Gasteiger partial charge on any atom is 0.214 e. The molecule has 1 aromatic carbocycles. The summed E-state index contributed by atoms with van der Waals surface area (Å²) in [5, 5.41) is 0.642. The molecule has 19 heavy (non-hydrogen) atoms. The Labute approximate surface area is 125 Å². The zero-order valence-corrected chi connectivity index (χ0v) is 14.2. The predicted octanol–water partition coefficient (Wildman–Crippen LogP) is 3.26. The van der Waals surface area contributed by atoms with E-state index < -0.39 is 10.0 Å². The van der Waals surface area contributed by atoms with Crippen molar-refractivity contribution in [1.29, 1.82) is 0 Å². The summed E-state index contributed by atoms with van der Waals surface area (Å²) in [7, 11) is -3.24. The molecule has 0 amide bonds. The van der Waals surface area contributed by atoms with Gasteiger partial charge in [-0.1, -0.05) is 67.0 Å². The van der Waals surface area contributed by atoms with Crippen LogP contribution in [0.3, 0.4) is 0 Å². The Morgan fingerprint density at radius 2 is 1.74 bits per heavy atom. The van der Waals surface area contributed by atoms with Crippen LogP contribution in [0, 0.1) is 5.41 Å². The van der Waals surface area contributed by atoms with Gasteiger partial charge in [0.15, 0.2) is 0 Å². The molecule has 0 aliphatic heterocycles. The van der Waals surface area contributed by atoms with Gasteiger partial charge in [0, 0.05) is 18.4 Å². The van der Waals surface area contributed by atoms with Crippen molar-refractivity contribution < 1.29 is 8.42 Å². The topological polar surface area (TPSA) is 37.4 Å². The minimum Gasteiger partial charge on any atom is -0.212 e. The van der Waals surface area contributed by atoms with Crippen LogP contribution in [0.1, 0.15) is 26.3 Å². The first-order valence-electron chi connectivity index (χ1n) is 6.32. The molecule has 0 heterocycles. The van der Waals surface area contributed by atoms with Crippen LogP contribution in [0.25, 0.3) is 0 Å². The van der Waals surface area contributed by atoms with Gasteiger partial charge in [-0.15, -0.1) is 0 Å². The predicted molar refractivity (Wildman–Crippen MR) is 83.9 cm³/mol. The van der Waals surface area contributed by atoms with Gasteiger partial charge in [0.25, 0.3) is 0 Å². The first-order chi connectivity index (χ1) is 8.74. The number of benzene rings is 1. The molecule has 0 fully saturated rings. The minimum atomic E-state index is -3.24. The van der Waals surface area contributed by atoms with E-state index in [1.54, 1.807) is 4.31 Å². The van der Waals surface area contributed by atoms with Gasteiger partial charge in [0.2, 0.25) is 10.0 Å². The summed E-state index contributed by atoms with van der Waals surface area (Å²) in [6.07, 6.45) is 0. The second-order valence-corrected chi connectivity index (χ2v) is 8.59. The largest absolute Gasteiger partial charge is 0.214 e. The van der Waals surface area contributed by atoms with Gasteiger partial charge in [0.1, 0.15) is 0 Å². The Balaban J connectivity index is 2.88. The lowest BCUT2D eigenvalue weighted by Gasteiger charge is -2.26. The number of rotatable bonds is 6. The highest BCUT2D eigenvalue weighted by atomic mass is 79.9. The fourth-order valence-electron chi connectivity index (χ4n) is 1.84. The molecule has 1 aromatic rings. The highest BCUT2D eigenvalue weighted by Crippen LogP contribution is 2.20. The minimum absolute atomic E-state index is 0.167. The number of sulfonamides is 1. The van der Waals surface area contributed by atoms with Gasteiger partial charge < -0.3 is 0 Å². The van der Waals surface area contributed by atoms with Crippen LogP contribution in [0.5, 0.6) is 0 Å². The molecule has 0 atom stereocenters. The van der Waals surface area contributed by atoms with Gasteiger partial charge >= 0.3 is 0 Å². The Morgan fingerprint density at radius 1 is 1.16 bits per heavy atom. The van der Waals surface area contributed by atoms with Crippen LogP contribution in [-0.2, 0) is 16.6 Å². The fourth-order valence-corrected chi connectivity index (χ4v) is 4.49. The Hall–Kier alpha value is -0.390. The highest BCUT2D eigenvalue weighted by Gasteiger charge is 2.27. The summed E-state index contributed by atoms with van der Waals surface area (Å²) in [5.74, 6) is 0.167. The van der Waals surface area contributed by atoms with Crippen molar-refractivity contribution in [1.82, 2.24) is 4.31 Å². The Bertz CT molecular complexity index is 480. The van der Waals surface area contributed by atoms with E-state index in [-0.39, 0.29) is 11.2 Å². The van der Waals surface area contributed by atoms with E-state index in [0.29, 0.717) is 18.4 Å². The maximum absolute atomic E-state index is 12.4. The summed E-state index contributed by atoms with van der Waals surface area (Å²) >= 11 is 3.33. The molecule has 0 unspecified atom stereocenters. The Kier molecular flexibility index (Phi) is 6.02. The number of hydrogen-bond acceptors (Lipinski definition) is 2. The molecule has 0 aliphatic carbocycles. The Morgan fingerprint density at radius 3 is 2.21 bits per heavy atom. The van der Waals surface area contributed by atoms with E-state index >= 15 is 0 Å². The number of halogens is 1. The molecule has 3 nitrogen and oxygen atoms in total. The van der Waals surface area contributed by atoms with Crippen LogP contribution < -0.4 is 0 Å². The van der Waals surface area contributed by atoms with Crippen molar-refractivity contribution in [2.24, 2.45) is 5.41 Å². The van der Waals surface area contributed by atoms with Crippen molar-refractivity contribution in [2.45, 2.75) is 27.3 Å². The second kappa shape index (κ2) is 6.86. The normalized spacial score (nSPS) is 12.9. The molecule has 0 N–H and O–H groups in total. The van der Waals surface area contributed by atoms with Crippen molar-refractivity contribution in [3.8, 4) is 0 Å². The summed E-state index contributed by atoms with van der Waals surface area (Å²) in [6, 6.07) is 9.69. The first-order valence-corrected chi connectivity index (χ1v) is 9.05. The summed E-state index contributed by atoms with van der Waals surface area (Å²) in [5.41, 5.74) is 0.779. The number of alkyl halides is 1. The smallest absolute Gasteiger partial charge is 0.212 e. The van der Waals surface area contributed by atoms with Crippen molar-refractivity contribution >= 4 is 26.0 Å².